The van der Waals surface area contributed by atoms with Crippen LogP contribution in [0.15, 0.2) is 18.2 Å². The van der Waals surface area contributed by atoms with Crippen LogP contribution < -0.4 is 11.2 Å². The standard InChI is InChI=1S/C15H23Cl2N3/c1-10-4-3-5-11(2)20(10)19-15(9-18)13-7-6-12(16)8-14(13)17/h6-8,10-11,15,19H,3-5,9,18H2,1-2H3. The highest BCUT2D eigenvalue weighted by Gasteiger charge is 2.27. The van der Waals surface area contributed by atoms with E-state index in [1.54, 1.807) is 6.07 Å². The summed E-state index contributed by atoms with van der Waals surface area (Å²) in [5.41, 5.74) is 10.5. The van der Waals surface area contributed by atoms with Crippen LogP contribution in [-0.2, 0) is 0 Å². The summed E-state index contributed by atoms with van der Waals surface area (Å²) in [5, 5.41) is 3.64. The first kappa shape index (κ1) is 16.1. The van der Waals surface area contributed by atoms with E-state index < -0.39 is 0 Å². The van der Waals surface area contributed by atoms with Crippen LogP contribution in [0, 0.1) is 0 Å². The number of nitrogens with one attached hydrogen (secondary N) is 1. The van der Waals surface area contributed by atoms with Crippen molar-refractivity contribution in [2.24, 2.45) is 5.73 Å². The Kier molecular flexibility index (Phi) is 5.70. The first-order valence-electron chi connectivity index (χ1n) is 7.22. The third-order valence-corrected chi connectivity index (χ3v) is 4.63. The Labute approximate surface area is 131 Å². The van der Waals surface area contributed by atoms with Crippen LogP contribution in [0.2, 0.25) is 10.0 Å². The van der Waals surface area contributed by atoms with Crippen LogP contribution in [-0.4, -0.2) is 23.6 Å². The van der Waals surface area contributed by atoms with E-state index in [2.05, 4.69) is 24.3 Å². The minimum absolute atomic E-state index is 0.0165. The van der Waals surface area contributed by atoms with Gasteiger partial charge in [-0.2, -0.15) is 0 Å². The third-order valence-electron chi connectivity index (χ3n) is 4.07. The van der Waals surface area contributed by atoms with Crippen molar-refractivity contribution in [2.75, 3.05) is 6.54 Å². The number of rotatable bonds is 4. The van der Waals surface area contributed by atoms with Gasteiger partial charge in [-0.3, -0.25) is 0 Å². The lowest BCUT2D eigenvalue weighted by Crippen LogP contribution is -2.54. The van der Waals surface area contributed by atoms with Crippen LogP contribution in [0.5, 0.6) is 0 Å². The van der Waals surface area contributed by atoms with Gasteiger partial charge in [-0.05, 0) is 44.4 Å². The summed E-state index contributed by atoms with van der Waals surface area (Å²) < 4.78 is 0. The summed E-state index contributed by atoms with van der Waals surface area (Å²) >= 11 is 12.3. The van der Waals surface area contributed by atoms with Crippen molar-refractivity contribution in [2.45, 2.75) is 51.2 Å². The van der Waals surface area contributed by atoms with Crippen LogP contribution >= 0.6 is 23.2 Å². The van der Waals surface area contributed by atoms with Crippen molar-refractivity contribution in [3.05, 3.63) is 33.8 Å². The minimum Gasteiger partial charge on any atom is -0.329 e. The summed E-state index contributed by atoms with van der Waals surface area (Å²) in [6.07, 6.45) is 3.71. The lowest BCUT2D eigenvalue weighted by atomic mass is 9.99. The van der Waals surface area contributed by atoms with Crippen LogP contribution in [0.1, 0.15) is 44.7 Å². The number of nitrogens with zero attached hydrogens (tertiary/aromatic N) is 1. The van der Waals surface area contributed by atoms with E-state index in [4.69, 9.17) is 28.9 Å². The average Bonchev–Trinajstić information content (AvgIpc) is 2.40. The lowest BCUT2D eigenvalue weighted by molar-refractivity contribution is 0.0304. The summed E-state index contributed by atoms with van der Waals surface area (Å²) in [5.74, 6) is 0. The zero-order chi connectivity index (χ0) is 14.7. The Morgan fingerprint density at radius 2 is 1.95 bits per heavy atom. The predicted molar refractivity (Wildman–Crippen MR) is 86.0 cm³/mol. The molecule has 1 fully saturated rings. The molecular weight excluding hydrogens is 293 g/mol. The van der Waals surface area contributed by atoms with E-state index in [9.17, 15) is 0 Å². The summed E-state index contributed by atoms with van der Waals surface area (Å²) in [7, 11) is 0. The highest BCUT2D eigenvalue weighted by atomic mass is 35.5. The number of hydrazine groups is 1. The minimum atomic E-state index is 0.0165. The molecule has 2 rings (SSSR count). The van der Waals surface area contributed by atoms with Gasteiger partial charge < -0.3 is 5.73 Å². The first-order valence-corrected chi connectivity index (χ1v) is 7.98. The molecule has 0 bridgehead atoms. The molecule has 3 atom stereocenters. The Morgan fingerprint density at radius 1 is 1.30 bits per heavy atom. The Morgan fingerprint density at radius 3 is 2.50 bits per heavy atom. The molecule has 0 radical (unpaired) electrons. The van der Waals surface area contributed by atoms with Crippen LogP contribution in [0.4, 0.5) is 0 Å². The monoisotopic (exact) mass is 315 g/mol. The second-order valence-corrected chi connectivity index (χ2v) is 6.46. The number of piperidine rings is 1. The molecule has 0 spiro atoms. The maximum atomic E-state index is 6.29. The SMILES string of the molecule is CC1CCCC(C)N1NC(CN)c1ccc(Cl)cc1Cl. The number of nitrogens with two attached hydrogens (primary N) is 1. The molecule has 1 saturated heterocycles. The van der Waals surface area contributed by atoms with Gasteiger partial charge in [-0.1, -0.05) is 35.7 Å². The highest BCUT2D eigenvalue weighted by molar-refractivity contribution is 6.35. The second kappa shape index (κ2) is 7.10. The van der Waals surface area contributed by atoms with Gasteiger partial charge in [0.25, 0.3) is 0 Å². The molecule has 0 aromatic heterocycles. The van der Waals surface area contributed by atoms with Crippen LogP contribution in [0.3, 0.4) is 0 Å². The first-order chi connectivity index (χ1) is 9.52. The van der Waals surface area contributed by atoms with Crippen molar-refractivity contribution in [1.29, 1.82) is 0 Å². The lowest BCUT2D eigenvalue weighted by Gasteiger charge is -2.41. The molecule has 0 saturated carbocycles. The molecule has 20 heavy (non-hydrogen) atoms. The molecule has 5 heteroatoms. The second-order valence-electron chi connectivity index (χ2n) is 5.62. The van der Waals surface area contributed by atoms with Gasteiger partial charge in [-0.15, -0.1) is 0 Å². The maximum absolute atomic E-state index is 6.29. The molecular formula is C15H23Cl2N3. The summed E-state index contributed by atoms with van der Waals surface area (Å²) in [4.78, 5) is 0. The summed E-state index contributed by atoms with van der Waals surface area (Å²) in [6.45, 7) is 5.00. The number of halogens is 2. The molecule has 3 nitrogen and oxygen atoms in total. The van der Waals surface area contributed by atoms with E-state index >= 15 is 0 Å². The van der Waals surface area contributed by atoms with Crippen molar-refractivity contribution >= 4 is 23.2 Å². The van der Waals surface area contributed by atoms with Crippen molar-refractivity contribution < 1.29 is 0 Å². The Balaban J connectivity index is 2.15. The molecule has 3 unspecified atom stereocenters. The fourth-order valence-corrected chi connectivity index (χ4v) is 3.43. The average molecular weight is 316 g/mol. The van der Waals surface area contributed by atoms with E-state index in [1.165, 1.54) is 19.3 Å². The topological polar surface area (TPSA) is 41.3 Å². The van der Waals surface area contributed by atoms with Gasteiger partial charge in [-0.25, -0.2) is 10.4 Å². The number of hydrogen-bond acceptors (Lipinski definition) is 3. The molecule has 1 aromatic carbocycles. The van der Waals surface area contributed by atoms with Gasteiger partial charge in [0.05, 0.1) is 6.04 Å². The van der Waals surface area contributed by atoms with E-state index in [1.807, 2.05) is 12.1 Å². The molecule has 1 aliphatic heterocycles. The van der Waals surface area contributed by atoms with Crippen LogP contribution in [0.25, 0.3) is 0 Å². The quantitative estimate of drug-likeness (QED) is 0.888. The molecule has 0 amide bonds. The molecule has 112 valence electrons. The van der Waals surface area contributed by atoms with E-state index in [0.29, 0.717) is 28.7 Å². The molecule has 1 heterocycles. The van der Waals surface area contributed by atoms with E-state index in [0.717, 1.165) is 5.56 Å². The maximum Gasteiger partial charge on any atom is 0.0601 e. The molecule has 3 N–H and O–H groups in total. The van der Waals surface area contributed by atoms with Crippen molar-refractivity contribution in [3.63, 3.8) is 0 Å². The van der Waals surface area contributed by atoms with Gasteiger partial charge in [0.2, 0.25) is 0 Å². The number of benzene rings is 1. The Hall–Kier alpha value is -0.320. The van der Waals surface area contributed by atoms with E-state index in [-0.39, 0.29) is 6.04 Å². The summed E-state index contributed by atoms with van der Waals surface area (Å²) in [6, 6.07) is 6.62. The molecule has 0 aliphatic carbocycles. The van der Waals surface area contributed by atoms with Gasteiger partial charge >= 0.3 is 0 Å². The fourth-order valence-electron chi connectivity index (χ4n) is 2.89. The zero-order valence-electron chi connectivity index (χ0n) is 12.1. The number of hydrogen-bond donors (Lipinski definition) is 2. The van der Waals surface area contributed by atoms with Gasteiger partial charge in [0.15, 0.2) is 0 Å². The van der Waals surface area contributed by atoms with Gasteiger partial charge in [0, 0.05) is 28.7 Å². The molecule has 1 aliphatic rings. The fraction of sp³-hybridized carbons (Fsp3) is 0.600. The smallest absolute Gasteiger partial charge is 0.0601 e. The third kappa shape index (κ3) is 3.66. The van der Waals surface area contributed by atoms with Crippen molar-refractivity contribution in [3.8, 4) is 0 Å². The van der Waals surface area contributed by atoms with Crippen molar-refractivity contribution in [1.82, 2.24) is 10.4 Å². The predicted octanol–water partition coefficient (Wildman–Crippen LogP) is 3.76. The van der Waals surface area contributed by atoms with Gasteiger partial charge in [0.1, 0.15) is 0 Å². The highest BCUT2D eigenvalue weighted by Crippen LogP contribution is 2.28. The normalized spacial score (nSPS) is 25.6. The zero-order valence-corrected chi connectivity index (χ0v) is 13.6. The molecule has 1 aromatic rings. The largest absolute Gasteiger partial charge is 0.329 e. The Bertz CT molecular complexity index is 443.